The van der Waals surface area contributed by atoms with Crippen LogP contribution in [0.15, 0.2) is 110 Å². The van der Waals surface area contributed by atoms with E-state index in [0.717, 1.165) is 12.1 Å². The molecule has 11 nitrogen and oxygen atoms in total. The van der Waals surface area contributed by atoms with Crippen molar-refractivity contribution in [3.05, 3.63) is 90.5 Å². The first kappa shape index (κ1) is 32.3. The van der Waals surface area contributed by atoms with Crippen molar-refractivity contribution in [3.63, 3.8) is 0 Å². The SMILES string of the molecule is O=C(O)c1cc(N=Nc2ccc(N=Nc3ccc4c(S(=O)(=O)O)cccc4c3[O-])c3ccccc23)ccc1[O-].[Na+].[Na+]. The fourth-order valence-electron chi connectivity index (χ4n) is 4.00. The van der Waals surface area contributed by atoms with E-state index in [9.17, 15) is 28.0 Å². The third-order valence-corrected chi connectivity index (χ3v) is 6.75. The number of rotatable bonds is 6. The van der Waals surface area contributed by atoms with Gasteiger partial charge in [0.2, 0.25) is 0 Å². The van der Waals surface area contributed by atoms with E-state index in [-0.39, 0.29) is 86.2 Å². The van der Waals surface area contributed by atoms with Crippen LogP contribution in [0.3, 0.4) is 0 Å². The molecule has 14 heteroatoms. The molecule has 5 rings (SSSR count). The first-order valence-corrected chi connectivity index (χ1v) is 12.7. The topological polar surface area (TPSA) is 187 Å². The Morgan fingerprint density at radius 1 is 0.659 bits per heavy atom. The van der Waals surface area contributed by atoms with Gasteiger partial charge < -0.3 is 15.3 Å². The molecule has 0 aliphatic heterocycles. The summed E-state index contributed by atoms with van der Waals surface area (Å²) in [6.45, 7) is 0. The zero-order valence-corrected chi connectivity index (χ0v) is 26.5. The molecule has 0 aliphatic carbocycles. The molecule has 2 N–H and O–H groups in total. The van der Waals surface area contributed by atoms with Crippen LogP contribution in [-0.4, -0.2) is 24.0 Å². The van der Waals surface area contributed by atoms with Crippen LogP contribution in [0.4, 0.5) is 22.7 Å². The van der Waals surface area contributed by atoms with Crippen LogP contribution >= 0.6 is 0 Å². The molecule has 0 heterocycles. The number of hydrogen-bond donors (Lipinski definition) is 2. The third kappa shape index (κ3) is 6.83. The van der Waals surface area contributed by atoms with Crippen LogP contribution in [0, 0.1) is 0 Å². The molecular formula is C27H16N4Na2O7S. The molecular weight excluding hydrogens is 570 g/mol. The molecule has 0 spiro atoms. The van der Waals surface area contributed by atoms with E-state index in [1.165, 1.54) is 36.4 Å². The van der Waals surface area contributed by atoms with Crippen molar-refractivity contribution in [2.75, 3.05) is 0 Å². The molecule has 41 heavy (non-hydrogen) atoms. The summed E-state index contributed by atoms with van der Waals surface area (Å²) in [7, 11) is -4.52. The molecule has 0 fully saturated rings. The maximum absolute atomic E-state index is 12.9. The van der Waals surface area contributed by atoms with Crippen molar-refractivity contribution in [2.24, 2.45) is 20.5 Å². The quantitative estimate of drug-likeness (QED) is 0.158. The van der Waals surface area contributed by atoms with Gasteiger partial charge in [-0.05, 0) is 41.8 Å². The minimum absolute atomic E-state index is 0. The monoisotopic (exact) mass is 586 g/mol. The summed E-state index contributed by atoms with van der Waals surface area (Å²) in [6.07, 6.45) is 0. The van der Waals surface area contributed by atoms with Crippen molar-refractivity contribution >= 4 is 60.4 Å². The van der Waals surface area contributed by atoms with Gasteiger partial charge in [0.1, 0.15) is 4.90 Å². The summed E-state index contributed by atoms with van der Waals surface area (Å²) in [5, 5.41) is 51.8. The summed E-state index contributed by atoms with van der Waals surface area (Å²) < 4.78 is 32.7. The van der Waals surface area contributed by atoms with Gasteiger partial charge in [0.25, 0.3) is 10.1 Å². The van der Waals surface area contributed by atoms with Crippen LogP contribution in [0.5, 0.6) is 11.5 Å². The minimum atomic E-state index is -4.52. The molecule has 0 unspecified atom stereocenters. The predicted octanol–water partition coefficient (Wildman–Crippen LogP) is -0.0761. The van der Waals surface area contributed by atoms with Gasteiger partial charge in [0.05, 0.1) is 28.3 Å². The second-order valence-corrected chi connectivity index (χ2v) is 9.67. The predicted molar refractivity (Wildman–Crippen MR) is 138 cm³/mol. The van der Waals surface area contributed by atoms with Crippen molar-refractivity contribution in [2.45, 2.75) is 4.90 Å². The Balaban J connectivity index is 0.00000231. The normalized spacial score (nSPS) is 11.5. The van der Waals surface area contributed by atoms with Gasteiger partial charge in [0.15, 0.2) is 0 Å². The summed E-state index contributed by atoms with van der Waals surface area (Å²) >= 11 is 0. The fourth-order valence-corrected chi connectivity index (χ4v) is 4.71. The smallest absolute Gasteiger partial charge is 0.872 e. The average molecular weight is 586 g/mol. The maximum Gasteiger partial charge on any atom is 1.00 e. The summed E-state index contributed by atoms with van der Waals surface area (Å²) in [5.41, 5.74) is 0.614. The summed E-state index contributed by atoms with van der Waals surface area (Å²) in [5.74, 6) is -2.54. The Labute approximate surface area is 277 Å². The Morgan fingerprint density at radius 2 is 1.22 bits per heavy atom. The van der Waals surface area contributed by atoms with E-state index >= 15 is 0 Å². The van der Waals surface area contributed by atoms with Crippen LogP contribution in [-0.2, 0) is 10.1 Å². The minimum Gasteiger partial charge on any atom is -0.872 e. The van der Waals surface area contributed by atoms with Gasteiger partial charge in [-0.1, -0.05) is 60.0 Å². The standard InChI is InChI=1S/C27H18N4O7S.2Na/c32-24-13-8-15(14-20(24)27(34)35)28-29-21-11-12-22(17-5-2-1-4-16(17)21)30-31-23-10-9-18-19(26(23)33)6-3-7-25(18)39(36,37)38;;/h1-14,32-33H,(H,34,35)(H,36,37,38);;/q;2*+1/p-2. The van der Waals surface area contributed by atoms with Crippen LogP contribution in [0.25, 0.3) is 21.5 Å². The second kappa shape index (κ2) is 13.2. The average Bonchev–Trinajstić information content (AvgIpc) is 2.91. The second-order valence-electron chi connectivity index (χ2n) is 8.28. The zero-order chi connectivity index (χ0) is 27.7. The number of aromatic carboxylic acids is 1. The van der Waals surface area contributed by atoms with E-state index < -0.39 is 33.1 Å². The van der Waals surface area contributed by atoms with Gasteiger partial charge >= 0.3 is 65.1 Å². The molecule has 5 aromatic rings. The van der Waals surface area contributed by atoms with Gasteiger partial charge in [0, 0.05) is 16.2 Å². The Kier molecular flexibility index (Phi) is 10.4. The van der Waals surface area contributed by atoms with Crippen LogP contribution < -0.4 is 69.3 Å². The number of carboxylic acids is 1. The van der Waals surface area contributed by atoms with E-state index in [4.69, 9.17) is 5.11 Å². The summed E-state index contributed by atoms with van der Waals surface area (Å²) in [6, 6.07) is 20.7. The first-order valence-electron chi connectivity index (χ1n) is 11.2. The van der Waals surface area contributed by atoms with Crippen molar-refractivity contribution in [1.29, 1.82) is 0 Å². The number of carboxylic acid groups (broad SMARTS) is 1. The largest absolute Gasteiger partial charge is 1.00 e. The number of hydrogen-bond acceptors (Lipinski definition) is 9. The molecule has 0 amide bonds. The van der Waals surface area contributed by atoms with E-state index in [1.54, 1.807) is 36.4 Å². The van der Waals surface area contributed by atoms with Gasteiger partial charge in [-0.3, -0.25) is 4.55 Å². The Hall–Kier alpha value is -3.20. The van der Waals surface area contributed by atoms with Crippen molar-refractivity contribution < 1.29 is 92.2 Å². The van der Waals surface area contributed by atoms with Gasteiger partial charge in [-0.25, -0.2) is 4.79 Å². The number of benzene rings is 5. The molecule has 194 valence electrons. The number of nitrogens with zero attached hydrogens (tertiary/aromatic N) is 4. The van der Waals surface area contributed by atoms with E-state index in [0.29, 0.717) is 22.1 Å². The van der Waals surface area contributed by atoms with Crippen LogP contribution in [0.2, 0.25) is 0 Å². The van der Waals surface area contributed by atoms with Gasteiger partial charge in [-0.2, -0.15) is 18.6 Å². The van der Waals surface area contributed by atoms with Crippen molar-refractivity contribution in [1.82, 2.24) is 0 Å². The molecule has 0 aromatic heterocycles. The van der Waals surface area contributed by atoms with Crippen molar-refractivity contribution in [3.8, 4) is 11.5 Å². The molecule has 0 aliphatic rings. The van der Waals surface area contributed by atoms with Crippen LogP contribution in [0.1, 0.15) is 10.4 Å². The number of carbonyl (C=O) groups is 1. The fraction of sp³-hybridized carbons (Fsp3) is 0. The zero-order valence-electron chi connectivity index (χ0n) is 21.7. The molecule has 0 saturated heterocycles. The van der Waals surface area contributed by atoms with E-state index in [2.05, 4.69) is 20.5 Å². The molecule has 5 aromatic carbocycles. The number of fused-ring (bicyclic) bond motifs is 2. The molecule has 0 bridgehead atoms. The number of azo groups is 2. The molecule has 0 atom stereocenters. The third-order valence-electron chi connectivity index (χ3n) is 5.84. The summed E-state index contributed by atoms with van der Waals surface area (Å²) in [4.78, 5) is 10.8. The van der Waals surface area contributed by atoms with Gasteiger partial charge in [-0.15, -0.1) is 10.2 Å². The molecule has 0 radical (unpaired) electrons. The molecule has 0 saturated carbocycles. The first-order chi connectivity index (χ1) is 18.6. The maximum atomic E-state index is 12.9. The van der Waals surface area contributed by atoms with E-state index in [1.807, 2.05) is 0 Å². The Bertz CT molecular complexity index is 1970. The Morgan fingerprint density at radius 3 is 1.83 bits per heavy atom.